The molecule has 0 aliphatic rings. The third kappa shape index (κ3) is 3.37. The fourth-order valence-electron chi connectivity index (χ4n) is 2.94. The average molecular weight is 375 g/mol. The minimum Gasteiger partial charge on any atom is -0.397 e. The first kappa shape index (κ1) is 17.1. The van der Waals surface area contributed by atoms with Crippen molar-refractivity contribution in [2.24, 2.45) is 0 Å². The predicted molar refractivity (Wildman–Crippen MR) is 107 cm³/mol. The summed E-state index contributed by atoms with van der Waals surface area (Å²) in [6.45, 7) is 2.33. The van der Waals surface area contributed by atoms with Crippen molar-refractivity contribution in [1.29, 1.82) is 0 Å². The molecule has 4 aromatic rings. The van der Waals surface area contributed by atoms with Crippen LogP contribution < -0.4 is 11.1 Å². The smallest absolute Gasteiger partial charge is 0.263 e. The number of nitrogens with one attached hydrogen (secondary N) is 1. The molecule has 7 heteroatoms. The van der Waals surface area contributed by atoms with E-state index in [0.29, 0.717) is 17.1 Å². The number of pyridine rings is 3. The number of carbonyl (C=O) groups excluding carboxylic acids is 1. The number of rotatable bonds is 4. The summed E-state index contributed by atoms with van der Waals surface area (Å²) < 4.78 is 0. The van der Waals surface area contributed by atoms with Crippen LogP contribution >= 0.6 is 11.3 Å². The SMILES string of the molecule is Cc1cc(-c2ccncc2)c2c(N)c(C(=O)NCc3cccnc3)sc2n1. The molecule has 0 aromatic carbocycles. The van der Waals surface area contributed by atoms with Gasteiger partial charge in [0.2, 0.25) is 0 Å². The van der Waals surface area contributed by atoms with Gasteiger partial charge >= 0.3 is 0 Å². The maximum absolute atomic E-state index is 12.7. The standard InChI is InChI=1S/C20H17N5OS/c1-12-9-15(14-4-7-22-8-5-14)16-17(21)18(27-20(16)25-12)19(26)24-11-13-3-2-6-23-10-13/h2-10H,11,21H2,1H3,(H,24,26). The zero-order valence-corrected chi connectivity index (χ0v) is 15.5. The van der Waals surface area contributed by atoms with Crippen LogP contribution in [0.5, 0.6) is 0 Å². The molecule has 4 aromatic heterocycles. The maximum atomic E-state index is 12.7. The lowest BCUT2D eigenvalue weighted by atomic mass is 10.0. The molecule has 0 unspecified atom stereocenters. The van der Waals surface area contributed by atoms with Gasteiger partial charge in [-0.1, -0.05) is 6.07 Å². The number of anilines is 1. The molecule has 6 nitrogen and oxygen atoms in total. The second kappa shape index (κ2) is 7.13. The fraction of sp³-hybridized carbons (Fsp3) is 0.100. The van der Waals surface area contributed by atoms with Gasteiger partial charge < -0.3 is 11.1 Å². The van der Waals surface area contributed by atoms with Crippen LogP contribution in [0, 0.1) is 6.92 Å². The molecule has 0 atom stereocenters. The Morgan fingerprint density at radius 2 is 2.00 bits per heavy atom. The topological polar surface area (TPSA) is 93.8 Å². The van der Waals surface area contributed by atoms with Crippen LogP contribution in [-0.4, -0.2) is 20.9 Å². The lowest BCUT2D eigenvalue weighted by Gasteiger charge is -2.06. The number of nitrogens with zero attached hydrogens (tertiary/aromatic N) is 3. The molecule has 134 valence electrons. The van der Waals surface area contributed by atoms with Crippen molar-refractivity contribution in [3.63, 3.8) is 0 Å². The largest absolute Gasteiger partial charge is 0.397 e. The number of hydrogen-bond acceptors (Lipinski definition) is 6. The summed E-state index contributed by atoms with van der Waals surface area (Å²) >= 11 is 1.31. The van der Waals surface area contributed by atoms with E-state index in [-0.39, 0.29) is 5.91 Å². The number of nitrogen functional groups attached to an aromatic ring is 1. The molecule has 3 N–H and O–H groups in total. The van der Waals surface area contributed by atoms with Gasteiger partial charge in [-0.05, 0) is 47.9 Å². The van der Waals surface area contributed by atoms with E-state index in [1.54, 1.807) is 24.8 Å². The molecule has 0 saturated carbocycles. The molecular formula is C20H17N5OS. The number of amides is 1. The Morgan fingerprint density at radius 1 is 1.19 bits per heavy atom. The molecule has 1 amide bonds. The molecule has 0 spiro atoms. The molecule has 0 aliphatic carbocycles. The van der Waals surface area contributed by atoms with Gasteiger partial charge in [0.05, 0.1) is 5.69 Å². The molecule has 4 heterocycles. The number of aryl methyl sites for hydroxylation is 1. The van der Waals surface area contributed by atoms with Crippen molar-refractivity contribution in [1.82, 2.24) is 20.3 Å². The number of carbonyl (C=O) groups is 1. The van der Waals surface area contributed by atoms with Crippen molar-refractivity contribution in [2.75, 3.05) is 5.73 Å². The molecule has 0 fully saturated rings. The Kier molecular flexibility index (Phi) is 4.52. The zero-order valence-electron chi connectivity index (χ0n) is 14.6. The van der Waals surface area contributed by atoms with Crippen LogP contribution in [0.1, 0.15) is 20.9 Å². The second-order valence-electron chi connectivity index (χ2n) is 6.12. The monoisotopic (exact) mass is 375 g/mol. The van der Waals surface area contributed by atoms with Crippen molar-refractivity contribution >= 4 is 33.1 Å². The second-order valence-corrected chi connectivity index (χ2v) is 7.12. The lowest BCUT2D eigenvalue weighted by Crippen LogP contribution is -2.22. The van der Waals surface area contributed by atoms with Crippen LogP contribution in [0.2, 0.25) is 0 Å². The first-order valence-corrected chi connectivity index (χ1v) is 9.22. The third-order valence-corrected chi connectivity index (χ3v) is 5.30. The van der Waals surface area contributed by atoms with Gasteiger partial charge in [0.1, 0.15) is 9.71 Å². The van der Waals surface area contributed by atoms with Crippen LogP contribution in [0.3, 0.4) is 0 Å². The first-order valence-electron chi connectivity index (χ1n) is 8.40. The third-order valence-electron chi connectivity index (χ3n) is 4.20. The Hall–Kier alpha value is -3.32. The summed E-state index contributed by atoms with van der Waals surface area (Å²) in [6.07, 6.45) is 6.90. The van der Waals surface area contributed by atoms with E-state index in [2.05, 4.69) is 20.3 Å². The summed E-state index contributed by atoms with van der Waals surface area (Å²) in [4.78, 5) is 26.6. The molecule has 0 saturated heterocycles. The number of nitrogens with two attached hydrogens (primary N) is 1. The summed E-state index contributed by atoms with van der Waals surface area (Å²) in [5, 5.41) is 3.71. The van der Waals surface area contributed by atoms with Gasteiger partial charge in [-0.25, -0.2) is 4.98 Å². The highest BCUT2D eigenvalue weighted by molar-refractivity contribution is 7.21. The number of aromatic nitrogens is 3. The molecule has 0 radical (unpaired) electrons. The van der Waals surface area contributed by atoms with Gasteiger partial charge in [0.15, 0.2) is 0 Å². The average Bonchev–Trinajstić information content (AvgIpc) is 3.03. The van der Waals surface area contributed by atoms with E-state index in [4.69, 9.17) is 5.73 Å². The quantitative estimate of drug-likeness (QED) is 0.569. The molecular weight excluding hydrogens is 358 g/mol. The van der Waals surface area contributed by atoms with Crippen LogP contribution in [0.25, 0.3) is 21.3 Å². The lowest BCUT2D eigenvalue weighted by molar-refractivity contribution is 0.0956. The van der Waals surface area contributed by atoms with Gasteiger partial charge in [0.25, 0.3) is 5.91 Å². The normalized spacial score (nSPS) is 10.9. The van der Waals surface area contributed by atoms with Crippen LogP contribution in [0.15, 0.2) is 55.1 Å². The number of hydrogen-bond donors (Lipinski definition) is 2. The highest BCUT2D eigenvalue weighted by atomic mass is 32.1. The fourth-order valence-corrected chi connectivity index (χ4v) is 4.02. The van der Waals surface area contributed by atoms with E-state index in [1.165, 1.54) is 11.3 Å². The summed E-state index contributed by atoms with van der Waals surface area (Å²) in [6, 6.07) is 9.58. The molecule has 0 bridgehead atoms. The van der Waals surface area contributed by atoms with Gasteiger partial charge in [-0.3, -0.25) is 14.8 Å². The van der Waals surface area contributed by atoms with Gasteiger partial charge in [-0.15, -0.1) is 11.3 Å². The number of thiophene rings is 1. The van der Waals surface area contributed by atoms with Crippen molar-refractivity contribution in [3.8, 4) is 11.1 Å². The summed E-state index contributed by atoms with van der Waals surface area (Å²) in [5.74, 6) is -0.210. The Labute approximate surface area is 160 Å². The molecule has 0 aliphatic heterocycles. The molecule has 4 rings (SSSR count). The maximum Gasteiger partial charge on any atom is 0.263 e. The van der Waals surface area contributed by atoms with E-state index < -0.39 is 0 Å². The summed E-state index contributed by atoms with van der Waals surface area (Å²) in [7, 11) is 0. The van der Waals surface area contributed by atoms with Crippen molar-refractivity contribution in [3.05, 3.63) is 71.3 Å². The van der Waals surface area contributed by atoms with Crippen LogP contribution in [0.4, 0.5) is 5.69 Å². The van der Waals surface area contributed by atoms with E-state index in [9.17, 15) is 4.79 Å². The van der Waals surface area contributed by atoms with E-state index in [1.807, 2.05) is 37.3 Å². The van der Waals surface area contributed by atoms with Crippen LogP contribution in [-0.2, 0) is 6.54 Å². The minimum absolute atomic E-state index is 0.210. The molecule has 27 heavy (non-hydrogen) atoms. The summed E-state index contributed by atoms with van der Waals surface area (Å²) in [5.41, 5.74) is 10.6. The number of fused-ring (bicyclic) bond motifs is 1. The van der Waals surface area contributed by atoms with Crippen molar-refractivity contribution in [2.45, 2.75) is 13.5 Å². The Balaban J connectivity index is 1.73. The van der Waals surface area contributed by atoms with Gasteiger partial charge in [0, 0.05) is 42.4 Å². The minimum atomic E-state index is -0.210. The highest BCUT2D eigenvalue weighted by Crippen LogP contribution is 2.39. The van der Waals surface area contributed by atoms with E-state index in [0.717, 1.165) is 32.6 Å². The highest BCUT2D eigenvalue weighted by Gasteiger charge is 2.20. The predicted octanol–water partition coefficient (Wildman–Crippen LogP) is 3.57. The Morgan fingerprint density at radius 3 is 2.74 bits per heavy atom. The van der Waals surface area contributed by atoms with Gasteiger partial charge in [-0.2, -0.15) is 0 Å². The zero-order chi connectivity index (χ0) is 18.8. The Bertz CT molecular complexity index is 1110. The first-order chi connectivity index (χ1) is 13.1. The van der Waals surface area contributed by atoms with E-state index >= 15 is 0 Å². The van der Waals surface area contributed by atoms with Crippen molar-refractivity contribution < 1.29 is 4.79 Å².